The molecule has 238 valence electrons. The summed E-state index contributed by atoms with van der Waals surface area (Å²) in [7, 11) is 1.39. The summed E-state index contributed by atoms with van der Waals surface area (Å²) >= 11 is 0. The van der Waals surface area contributed by atoms with Crippen LogP contribution in [0.1, 0.15) is 80.1 Å². The maximum Gasteiger partial charge on any atom is 0.305 e. The Labute approximate surface area is 269 Å². The van der Waals surface area contributed by atoms with Crippen molar-refractivity contribution < 1.29 is 24.2 Å². The number of carbonyl (C=O) groups is 3. The summed E-state index contributed by atoms with van der Waals surface area (Å²) in [5, 5.41) is 10.9. The van der Waals surface area contributed by atoms with Gasteiger partial charge in [0.1, 0.15) is 0 Å². The number of rotatable bonds is 8. The Morgan fingerprint density at radius 1 is 1.07 bits per heavy atom. The van der Waals surface area contributed by atoms with E-state index in [-0.39, 0.29) is 36.4 Å². The van der Waals surface area contributed by atoms with Crippen molar-refractivity contribution in [1.82, 2.24) is 0 Å². The number of aliphatic imine (C=N–C) groups is 4. The number of aliphatic hydroxyl groups is 1. The molecule has 9 nitrogen and oxygen atoms in total. The number of Topliss-reactive ketones (excluding diaryl/α,β-unsaturated/α-hetero) is 1. The van der Waals surface area contributed by atoms with E-state index in [0.717, 1.165) is 52.0 Å². The van der Waals surface area contributed by atoms with Crippen molar-refractivity contribution in [2.45, 2.75) is 86.2 Å². The zero-order valence-electron chi connectivity index (χ0n) is 27.6. The molecule has 1 saturated carbocycles. The second kappa shape index (κ2) is 12.1. The second-order valence-corrected chi connectivity index (χ2v) is 12.6. The first-order chi connectivity index (χ1) is 22.0. The predicted molar refractivity (Wildman–Crippen MR) is 179 cm³/mol. The molecular weight excluding hydrogens is 580 g/mol. The molecule has 6 aliphatic rings. The zero-order chi connectivity index (χ0) is 33.0. The van der Waals surface area contributed by atoms with Gasteiger partial charge in [0.05, 0.1) is 53.1 Å². The lowest BCUT2D eigenvalue weighted by Crippen LogP contribution is -2.19. The molecule has 5 heterocycles. The fraction of sp³-hybridized carbons (Fsp3) is 0.432. The molecule has 0 aromatic rings. The summed E-state index contributed by atoms with van der Waals surface area (Å²) in [5.74, 6) is -0.495. The van der Waals surface area contributed by atoms with Gasteiger partial charge >= 0.3 is 5.97 Å². The Morgan fingerprint density at radius 3 is 2.46 bits per heavy atom. The normalized spacial score (nSPS) is 24.5. The van der Waals surface area contributed by atoms with Crippen LogP contribution in [0.5, 0.6) is 0 Å². The lowest BCUT2D eigenvalue weighted by atomic mass is 9.83. The Morgan fingerprint density at radius 2 is 1.80 bits per heavy atom. The standard InChI is InChI=1S/C37H40N4O5/c1-8-10-23-25(16-42)28-15-29-32(20(6)43)18(4)35(40-29)19(5)34-17(3)22(11-12-31(45)46-7)36(41-34)24-13-30(44)33-21(9-2)26(39-37(24)33)14-27(23)38-28/h14-17,20,22,43H,8-13H2,1-7H3/t17-,20-,22-/m0/s1. The molecule has 6 rings (SSSR count). The van der Waals surface area contributed by atoms with Gasteiger partial charge in [-0.2, -0.15) is 0 Å². The third-order valence-electron chi connectivity index (χ3n) is 9.90. The molecule has 1 fully saturated rings. The molecule has 8 bridgehead atoms. The number of esters is 1. The van der Waals surface area contributed by atoms with Crippen LogP contribution in [0.3, 0.4) is 0 Å². The largest absolute Gasteiger partial charge is 0.469 e. The van der Waals surface area contributed by atoms with Crippen LogP contribution in [0.15, 0.2) is 99.5 Å². The van der Waals surface area contributed by atoms with Gasteiger partial charge in [0, 0.05) is 52.7 Å². The summed E-state index contributed by atoms with van der Waals surface area (Å²) in [4.78, 5) is 58.8. The summed E-state index contributed by atoms with van der Waals surface area (Å²) in [5.41, 5.74) is 11.3. The maximum atomic E-state index is 13.7. The van der Waals surface area contributed by atoms with Crippen LogP contribution in [0.25, 0.3) is 0 Å². The van der Waals surface area contributed by atoms with E-state index in [4.69, 9.17) is 24.7 Å². The molecule has 0 amide bonds. The second-order valence-electron chi connectivity index (χ2n) is 12.6. The smallest absolute Gasteiger partial charge is 0.305 e. The Kier molecular flexibility index (Phi) is 8.31. The van der Waals surface area contributed by atoms with Gasteiger partial charge in [0.25, 0.3) is 0 Å². The highest BCUT2D eigenvalue weighted by Crippen LogP contribution is 2.46. The Hall–Kier alpha value is -4.37. The van der Waals surface area contributed by atoms with E-state index in [9.17, 15) is 19.5 Å². The first kappa shape index (κ1) is 31.6. The van der Waals surface area contributed by atoms with Crippen molar-refractivity contribution >= 4 is 40.9 Å². The number of hydrogen-bond donors (Lipinski definition) is 1. The molecule has 46 heavy (non-hydrogen) atoms. The van der Waals surface area contributed by atoms with Crippen LogP contribution in [0.4, 0.5) is 0 Å². The molecule has 1 N–H and O–H groups in total. The number of nitrogens with zero attached hydrogens (tertiary/aromatic N) is 4. The average molecular weight is 621 g/mol. The summed E-state index contributed by atoms with van der Waals surface area (Å²) in [6.07, 6.45) is 6.72. The van der Waals surface area contributed by atoms with Crippen LogP contribution in [0, 0.1) is 11.8 Å². The minimum Gasteiger partial charge on any atom is -0.469 e. The van der Waals surface area contributed by atoms with Crippen LogP contribution in [0.2, 0.25) is 0 Å². The molecule has 0 aromatic heterocycles. The number of aldehydes is 1. The van der Waals surface area contributed by atoms with E-state index in [2.05, 4.69) is 13.8 Å². The van der Waals surface area contributed by atoms with Crippen LogP contribution in [-0.4, -0.2) is 59.2 Å². The first-order valence-electron chi connectivity index (χ1n) is 16.2. The maximum absolute atomic E-state index is 13.7. The fourth-order valence-corrected chi connectivity index (χ4v) is 7.67. The highest BCUT2D eigenvalue weighted by atomic mass is 16.5. The Bertz CT molecular complexity index is 1850. The lowest BCUT2D eigenvalue weighted by molar-refractivity contribution is -0.140. The van der Waals surface area contributed by atoms with Gasteiger partial charge in [0.2, 0.25) is 0 Å². The summed E-state index contributed by atoms with van der Waals surface area (Å²) < 4.78 is 4.98. The van der Waals surface area contributed by atoms with Gasteiger partial charge in [-0.3, -0.25) is 19.4 Å². The number of hydrogen-bond acceptors (Lipinski definition) is 9. The zero-order valence-corrected chi connectivity index (χ0v) is 27.6. The minimum absolute atomic E-state index is 0.0120. The summed E-state index contributed by atoms with van der Waals surface area (Å²) in [6, 6.07) is 0. The highest BCUT2D eigenvalue weighted by molar-refractivity contribution is 6.38. The average Bonchev–Trinajstić information content (AvgIpc) is 3.80. The molecule has 0 unspecified atom stereocenters. The topological polar surface area (TPSA) is 130 Å². The fourth-order valence-electron chi connectivity index (χ4n) is 7.67. The van der Waals surface area contributed by atoms with Crippen molar-refractivity contribution in [3.8, 4) is 0 Å². The number of ether oxygens (including phenoxy) is 1. The number of ketones is 1. The van der Waals surface area contributed by atoms with E-state index in [1.807, 2.05) is 26.8 Å². The van der Waals surface area contributed by atoms with E-state index in [0.29, 0.717) is 70.2 Å². The number of aliphatic hydroxyl groups excluding tert-OH is 1. The lowest BCUT2D eigenvalue weighted by Gasteiger charge is -2.19. The summed E-state index contributed by atoms with van der Waals surface area (Å²) in [6.45, 7) is 11.8. The van der Waals surface area contributed by atoms with E-state index in [1.165, 1.54) is 7.11 Å². The monoisotopic (exact) mass is 620 g/mol. The van der Waals surface area contributed by atoms with Crippen LogP contribution >= 0.6 is 0 Å². The van der Waals surface area contributed by atoms with Crippen LogP contribution in [-0.2, 0) is 19.1 Å². The number of fused-ring (bicyclic) bond motifs is 4. The minimum atomic E-state index is -0.812. The van der Waals surface area contributed by atoms with E-state index in [1.54, 1.807) is 13.0 Å². The van der Waals surface area contributed by atoms with Crippen molar-refractivity contribution in [2.24, 2.45) is 31.8 Å². The molecule has 1 aliphatic carbocycles. The van der Waals surface area contributed by atoms with Gasteiger partial charge < -0.3 is 9.84 Å². The van der Waals surface area contributed by atoms with Crippen molar-refractivity contribution in [1.29, 1.82) is 0 Å². The Balaban J connectivity index is 1.68. The van der Waals surface area contributed by atoms with Gasteiger partial charge in [-0.05, 0) is 74.5 Å². The third kappa shape index (κ3) is 4.92. The van der Waals surface area contributed by atoms with Crippen molar-refractivity contribution in [3.63, 3.8) is 0 Å². The van der Waals surface area contributed by atoms with Crippen molar-refractivity contribution in [2.75, 3.05) is 7.11 Å². The quantitative estimate of drug-likeness (QED) is 0.263. The first-order valence-corrected chi connectivity index (χ1v) is 16.2. The molecule has 0 spiro atoms. The molecule has 5 aliphatic heterocycles. The van der Waals surface area contributed by atoms with Gasteiger partial charge in [-0.25, -0.2) is 15.0 Å². The SMILES string of the molecule is CCCC1=C(C=O)C2=CC3=NC(=C(C)C4=NC(=C5CC(=O)C6=C(CC)C(=CC1=N2)N=C56)[C@@H](CCC(=O)OC)[C@@H]4C)C(C)=C3[C@H](C)O. The van der Waals surface area contributed by atoms with Crippen molar-refractivity contribution in [3.05, 3.63) is 79.5 Å². The predicted octanol–water partition coefficient (Wildman–Crippen LogP) is 5.99. The number of methoxy groups -OCH3 is 1. The van der Waals surface area contributed by atoms with E-state index >= 15 is 0 Å². The van der Waals surface area contributed by atoms with Crippen LogP contribution < -0.4 is 0 Å². The van der Waals surface area contributed by atoms with Gasteiger partial charge in [0.15, 0.2) is 12.1 Å². The van der Waals surface area contributed by atoms with Gasteiger partial charge in [-0.15, -0.1) is 0 Å². The molecular formula is C37H40N4O5. The molecule has 0 radical (unpaired) electrons. The number of allylic oxidation sites excluding steroid dienone is 10. The molecule has 3 atom stereocenters. The van der Waals surface area contributed by atoms with Gasteiger partial charge in [-0.1, -0.05) is 27.2 Å². The number of carbonyl (C=O) groups excluding carboxylic acids is 3. The third-order valence-corrected chi connectivity index (χ3v) is 9.90. The molecule has 9 heteroatoms. The molecule has 0 saturated heterocycles. The molecule has 0 aromatic carbocycles. The van der Waals surface area contributed by atoms with E-state index < -0.39 is 6.10 Å². The highest BCUT2D eigenvalue weighted by Gasteiger charge is 2.43.